The van der Waals surface area contributed by atoms with Gasteiger partial charge in [0, 0.05) is 0 Å². The molecular formula is C23H20Cl2N4O4. The minimum Gasteiger partial charge on any atom is -0.465 e. The number of ether oxygens (including phenoxy) is 2. The number of H-pyrrole nitrogens is 1. The number of halogens is 2. The summed E-state index contributed by atoms with van der Waals surface area (Å²) in [6.45, 7) is 0. The number of anilines is 2. The molecule has 5 N–H and O–H groups in total. The quantitative estimate of drug-likeness (QED) is 0.275. The number of rotatable bonds is 3. The molecule has 0 amide bonds. The summed E-state index contributed by atoms with van der Waals surface area (Å²) in [4.78, 5) is 30.1. The van der Waals surface area contributed by atoms with Gasteiger partial charge in [-0.25, -0.2) is 14.6 Å². The van der Waals surface area contributed by atoms with E-state index in [1.54, 1.807) is 48.5 Å². The Labute approximate surface area is 199 Å². The van der Waals surface area contributed by atoms with Gasteiger partial charge in [-0.1, -0.05) is 29.3 Å². The van der Waals surface area contributed by atoms with Gasteiger partial charge in [0.05, 0.1) is 63.4 Å². The van der Waals surface area contributed by atoms with Crippen molar-refractivity contribution >= 4 is 57.5 Å². The number of imidazole rings is 1. The Bertz CT molecular complexity index is 1320. The van der Waals surface area contributed by atoms with Gasteiger partial charge in [-0.05, 0) is 48.5 Å². The third-order valence-corrected chi connectivity index (χ3v) is 5.24. The number of nitrogens with one attached hydrogen (secondary N) is 1. The number of esters is 2. The van der Waals surface area contributed by atoms with E-state index in [4.69, 9.17) is 39.4 Å². The number of hydrogen-bond acceptors (Lipinski definition) is 7. The fraction of sp³-hybridized carbons (Fsp3) is 0.0870. The number of nitrogens with zero attached hydrogens (tertiary/aromatic N) is 1. The van der Waals surface area contributed by atoms with Crippen LogP contribution < -0.4 is 11.5 Å². The Morgan fingerprint density at radius 3 is 2.00 bits per heavy atom. The van der Waals surface area contributed by atoms with Gasteiger partial charge in [-0.15, -0.1) is 0 Å². The molecule has 0 bridgehead atoms. The fourth-order valence-corrected chi connectivity index (χ4v) is 3.49. The highest BCUT2D eigenvalue weighted by atomic mass is 35.5. The lowest BCUT2D eigenvalue weighted by molar-refractivity contribution is 0.0592. The second-order valence-corrected chi connectivity index (χ2v) is 7.56. The van der Waals surface area contributed by atoms with Crippen molar-refractivity contribution in [2.75, 3.05) is 25.7 Å². The number of carbonyl (C=O) groups excluding carboxylic acids is 2. The minimum absolute atomic E-state index is 0.387. The number of fused-ring (bicyclic) bond motifs is 1. The summed E-state index contributed by atoms with van der Waals surface area (Å²) in [6.07, 6.45) is 0. The molecule has 8 nitrogen and oxygen atoms in total. The van der Waals surface area contributed by atoms with Crippen LogP contribution in [0.15, 0.2) is 54.6 Å². The van der Waals surface area contributed by atoms with Gasteiger partial charge in [0.15, 0.2) is 0 Å². The summed E-state index contributed by atoms with van der Waals surface area (Å²) in [5.41, 5.74) is 14.7. The van der Waals surface area contributed by atoms with E-state index in [0.29, 0.717) is 55.0 Å². The molecule has 0 fully saturated rings. The van der Waals surface area contributed by atoms with Gasteiger partial charge in [0.25, 0.3) is 0 Å². The molecule has 0 saturated carbocycles. The van der Waals surface area contributed by atoms with Crippen molar-refractivity contribution < 1.29 is 19.1 Å². The first-order valence-corrected chi connectivity index (χ1v) is 10.3. The van der Waals surface area contributed by atoms with E-state index < -0.39 is 11.9 Å². The fourth-order valence-electron chi connectivity index (χ4n) is 2.92. The number of aromatic amines is 1. The van der Waals surface area contributed by atoms with Crippen molar-refractivity contribution in [1.29, 1.82) is 0 Å². The predicted molar refractivity (Wildman–Crippen MR) is 129 cm³/mol. The molecule has 0 unspecified atom stereocenters. The van der Waals surface area contributed by atoms with Gasteiger partial charge in [0.2, 0.25) is 0 Å². The van der Waals surface area contributed by atoms with Gasteiger partial charge >= 0.3 is 11.9 Å². The molecule has 170 valence electrons. The molecule has 1 heterocycles. The van der Waals surface area contributed by atoms with Crippen molar-refractivity contribution in [2.24, 2.45) is 0 Å². The maximum Gasteiger partial charge on any atom is 0.337 e. The van der Waals surface area contributed by atoms with Crippen LogP contribution in [0.4, 0.5) is 11.4 Å². The smallest absolute Gasteiger partial charge is 0.337 e. The summed E-state index contributed by atoms with van der Waals surface area (Å²) in [5, 5.41) is 1.02. The second kappa shape index (κ2) is 10.2. The van der Waals surface area contributed by atoms with Crippen molar-refractivity contribution in [3.63, 3.8) is 0 Å². The van der Waals surface area contributed by atoms with E-state index in [9.17, 15) is 9.59 Å². The summed E-state index contributed by atoms with van der Waals surface area (Å²) in [5.74, 6) is -0.256. The molecular weight excluding hydrogens is 467 g/mol. The highest BCUT2D eigenvalue weighted by molar-refractivity contribution is 6.39. The van der Waals surface area contributed by atoms with Crippen LogP contribution in [0, 0.1) is 0 Å². The Hall–Kier alpha value is -3.75. The maximum atomic E-state index is 11.5. The third kappa shape index (κ3) is 5.36. The first-order chi connectivity index (χ1) is 15.7. The largest absolute Gasteiger partial charge is 0.465 e. The summed E-state index contributed by atoms with van der Waals surface area (Å²) >= 11 is 12.4. The zero-order valence-electron chi connectivity index (χ0n) is 17.7. The van der Waals surface area contributed by atoms with E-state index in [1.165, 1.54) is 20.3 Å². The molecule has 0 saturated heterocycles. The lowest BCUT2D eigenvalue weighted by Crippen LogP contribution is -2.03. The Balaban J connectivity index is 0.000000218. The lowest BCUT2D eigenvalue weighted by atomic mass is 10.2. The molecule has 0 radical (unpaired) electrons. The zero-order valence-corrected chi connectivity index (χ0v) is 19.2. The number of nitrogens with two attached hydrogens (primary N) is 2. The Morgan fingerprint density at radius 1 is 0.848 bits per heavy atom. The molecule has 33 heavy (non-hydrogen) atoms. The van der Waals surface area contributed by atoms with Crippen molar-refractivity contribution in [2.45, 2.75) is 0 Å². The van der Waals surface area contributed by atoms with E-state index >= 15 is 0 Å². The topological polar surface area (TPSA) is 133 Å². The summed E-state index contributed by atoms with van der Waals surface area (Å²) in [6, 6.07) is 15.0. The number of aromatic nitrogens is 2. The first kappa shape index (κ1) is 23.9. The standard InChI is InChI=1S/C15H10Cl2N2O2.C8H10N2O2/c1-21-15(20)8-5-6-11-12(7-8)19-14(18-11)13-9(16)3-2-4-10(13)17;1-12-8(11)5-2-3-6(9)7(10)4-5/h2-7H,1H3,(H,18,19);2-4H,9-10H2,1H3. The van der Waals surface area contributed by atoms with Gasteiger partial charge in [-0.2, -0.15) is 0 Å². The predicted octanol–water partition coefficient (Wildman–Crippen LogP) is 4.96. The average Bonchev–Trinajstić information content (AvgIpc) is 3.22. The van der Waals surface area contributed by atoms with Crippen LogP contribution in [0.5, 0.6) is 0 Å². The number of nitrogen functional groups attached to an aromatic ring is 2. The number of benzene rings is 3. The molecule has 0 spiro atoms. The SMILES string of the molecule is COC(=O)c1ccc(N)c(N)c1.COC(=O)c1ccc2nc(-c3c(Cl)cccc3Cl)[nH]c2c1. The van der Waals surface area contributed by atoms with E-state index in [0.717, 1.165) is 0 Å². The maximum absolute atomic E-state index is 11.5. The van der Waals surface area contributed by atoms with Crippen LogP contribution in [0.2, 0.25) is 10.0 Å². The summed E-state index contributed by atoms with van der Waals surface area (Å²) in [7, 11) is 2.66. The monoisotopic (exact) mass is 486 g/mol. The molecule has 4 aromatic rings. The molecule has 10 heteroatoms. The van der Waals surface area contributed by atoms with Crippen LogP contribution in [0.3, 0.4) is 0 Å². The number of carbonyl (C=O) groups is 2. The molecule has 1 aromatic heterocycles. The van der Waals surface area contributed by atoms with Crippen LogP contribution in [0.25, 0.3) is 22.4 Å². The number of methoxy groups -OCH3 is 2. The van der Waals surface area contributed by atoms with Crippen molar-refractivity contribution in [3.05, 3.63) is 75.8 Å². The zero-order chi connectivity index (χ0) is 24.1. The van der Waals surface area contributed by atoms with Crippen LogP contribution >= 0.6 is 23.2 Å². The highest BCUT2D eigenvalue weighted by Gasteiger charge is 2.14. The molecule has 4 rings (SSSR count). The molecule has 0 aliphatic rings. The van der Waals surface area contributed by atoms with Crippen LogP contribution in [0.1, 0.15) is 20.7 Å². The van der Waals surface area contributed by atoms with E-state index in [1.807, 2.05) is 0 Å². The number of hydrogen-bond donors (Lipinski definition) is 3. The average molecular weight is 487 g/mol. The lowest BCUT2D eigenvalue weighted by Gasteiger charge is -2.02. The van der Waals surface area contributed by atoms with Gasteiger partial charge < -0.3 is 25.9 Å². The molecule has 0 aliphatic heterocycles. The Kier molecular flexibility index (Phi) is 7.42. The first-order valence-electron chi connectivity index (χ1n) is 9.51. The Morgan fingerprint density at radius 2 is 1.42 bits per heavy atom. The van der Waals surface area contributed by atoms with Crippen LogP contribution in [-0.4, -0.2) is 36.1 Å². The second-order valence-electron chi connectivity index (χ2n) is 6.74. The van der Waals surface area contributed by atoms with Crippen LogP contribution in [-0.2, 0) is 9.47 Å². The van der Waals surface area contributed by atoms with Gasteiger partial charge in [-0.3, -0.25) is 0 Å². The minimum atomic E-state index is -0.415. The highest BCUT2D eigenvalue weighted by Crippen LogP contribution is 2.33. The van der Waals surface area contributed by atoms with Crippen molar-refractivity contribution in [1.82, 2.24) is 9.97 Å². The van der Waals surface area contributed by atoms with E-state index in [-0.39, 0.29) is 0 Å². The molecule has 0 atom stereocenters. The normalized spacial score (nSPS) is 10.3. The third-order valence-electron chi connectivity index (χ3n) is 4.61. The molecule has 0 aliphatic carbocycles. The summed E-state index contributed by atoms with van der Waals surface area (Å²) < 4.78 is 9.20. The van der Waals surface area contributed by atoms with Crippen molar-refractivity contribution in [3.8, 4) is 11.4 Å². The molecule has 3 aromatic carbocycles. The van der Waals surface area contributed by atoms with Gasteiger partial charge in [0.1, 0.15) is 5.82 Å². The van der Waals surface area contributed by atoms with E-state index in [2.05, 4.69) is 14.7 Å².